The van der Waals surface area contributed by atoms with Crippen molar-refractivity contribution in [2.24, 2.45) is 0 Å². The first-order valence-electron chi connectivity index (χ1n) is 12.4. The van der Waals surface area contributed by atoms with E-state index in [-0.39, 0.29) is 30.1 Å². The Balaban J connectivity index is 1.78. The van der Waals surface area contributed by atoms with Gasteiger partial charge in [0.05, 0.1) is 20.8 Å². The van der Waals surface area contributed by atoms with Crippen LogP contribution in [0.3, 0.4) is 0 Å². The van der Waals surface area contributed by atoms with E-state index in [0.717, 1.165) is 31.2 Å². The maximum Gasteiger partial charge on any atom is 0.273 e. The summed E-state index contributed by atoms with van der Waals surface area (Å²) in [6, 6.07) is 19.2. The second-order valence-corrected chi connectivity index (χ2v) is 8.98. The third-order valence-corrected chi connectivity index (χ3v) is 6.60. The highest BCUT2D eigenvalue weighted by atomic mass is 16.5. The molecule has 1 atom stereocenters. The van der Waals surface area contributed by atoms with Gasteiger partial charge in [-0.25, -0.2) is 0 Å². The smallest absolute Gasteiger partial charge is 0.273 e. The number of hydrogen-bond donors (Lipinski definition) is 1. The van der Waals surface area contributed by atoms with Gasteiger partial charge in [0.25, 0.3) is 5.91 Å². The molecule has 1 aliphatic rings. The van der Waals surface area contributed by atoms with Crippen LogP contribution in [0.2, 0.25) is 0 Å². The molecule has 1 aromatic heterocycles. The largest absolute Gasteiger partial charge is 0.497 e. The zero-order chi connectivity index (χ0) is 25.3. The second-order valence-electron chi connectivity index (χ2n) is 8.98. The van der Waals surface area contributed by atoms with Crippen LogP contribution in [0.15, 0.2) is 72.9 Å². The van der Waals surface area contributed by atoms with Gasteiger partial charge in [-0.15, -0.1) is 0 Å². The summed E-state index contributed by atoms with van der Waals surface area (Å²) in [5.41, 5.74) is 1.73. The van der Waals surface area contributed by atoms with Crippen LogP contribution in [-0.2, 0) is 11.3 Å². The van der Waals surface area contributed by atoms with Crippen molar-refractivity contribution < 1.29 is 19.1 Å². The van der Waals surface area contributed by atoms with Gasteiger partial charge >= 0.3 is 0 Å². The fraction of sp³-hybridized carbons (Fsp3) is 0.345. The first kappa shape index (κ1) is 25.2. The molecular formula is C29H33N3O4. The van der Waals surface area contributed by atoms with Crippen molar-refractivity contribution in [3.05, 3.63) is 89.7 Å². The summed E-state index contributed by atoms with van der Waals surface area (Å²) in [5, 5.41) is 3.23. The number of rotatable bonds is 9. The Morgan fingerprint density at radius 2 is 1.75 bits per heavy atom. The zero-order valence-corrected chi connectivity index (χ0v) is 20.9. The van der Waals surface area contributed by atoms with Gasteiger partial charge < -0.3 is 19.7 Å². The fourth-order valence-corrected chi connectivity index (χ4v) is 4.75. The predicted molar refractivity (Wildman–Crippen MR) is 138 cm³/mol. The summed E-state index contributed by atoms with van der Waals surface area (Å²) < 4.78 is 11.0. The van der Waals surface area contributed by atoms with Crippen LogP contribution in [0, 0.1) is 0 Å². The Kier molecular flexibility index (Phi) is 8.55. The van der Waals surface area contributed by atoms with Crippen molar-refractivity contribution in [3.8, 4) is 11.5 Å². The maximum atomic E-state index is 13.9. The molecule has 1 fully saturated rings. The quantitative estimate of drug-likeness (QED) is 0.463. The van der Waals surface area contributed by atoms with Gasteiger partial charge in [0.15, 0.2) is 0 Å². The molecule has 7 heteroatoms. The van der Waals surface area contributed by atoms with Crippen LogP contribution in [-0.4, -0.2) is 42.0 Å². The molecule has 2 amide bonds. The molecule has 0 saturated heterocycles. The van der Waals surface area contributed by atoms with E-state index >= 15 is 0 Å². The van der Waals surface area contributed by atoms with E-state index in [0.29, 0.717) is 17.1 Å². The van der Waals surface area contributed by atoms with Gasteiger partial charge in [0, 0.05) is 17.8 Å². The molecule has 36 heavy (non-hydrogen) atoms. The second kappa shape index (κ2) is 12.2. The van der Waals surface area contributed by atoms with E-state index < -0.39 is 6.04 Å². The molecule has 0 unspecified atom stereocenters. The normalized spacial score (nSPS) is 14.5. The summed E-state index contributed by atoms with van der Waals surface area (Å²) in [6.45, 7) is 0.166. The Bertz CT molecular complexity index is 1160. The van der Waals surface area contributed by atoms with E-state index in [1.165, 1.54) is 6.42 Å². The lowest BCUT2D eigenvalue weighted by Gasteiger charge is -2.33. The molecule has 0 aliphatic heterocycles. The van der Waals surface area contributed by atoms with Gasteiger partial charge in [0.2, 0.25) is 5.91 Å². The van der Waals surface area contributed by atoms with Gasteiger partial charge in [-0.2, -0.15) is 0 Å². The summed E-state index contributed by atoms with van der Waals surface area (Å²) in [4.78, 5) is 33.7. The Morgan fingerprint density at radius 3 is 2.47 bits per heavy atom. The topological polar surface area (TPSA) is 80.8 Å². The minimum atomic E-state index is -0.888. The average Bonchev–Trinajstić information content (AvgIpc) is 2.93. The Hall–Kier alpha value is -3.87. The first-order chi connectivity index (χ1) is 17.6. The molecule has 1 saturated carbocycles. The van der Waals surface area contributed by atoms with Crippen LogP contribution in [0.25, 0.3) is 0 Å². The van der Waals surface area contributed by atoms with Crippen LogP contribution < -0.4 is 14.8 Å². The number of carbonyl (C=O) groups excluding carboxylic acids is 2. The standard InChI is InChI=1S/C29H33N3O4/c1-35-24-15-10-12-21(19-24)27(28(33)31-23-13-4-3-5-14-23)32(29(34)25-16-8-9-18-30-25)20-22-11-6-7-17-26(22)36-2/h6-12,15-19,23,27H,3-5,13-14,20H2,1-2H3,(H,31,33)/t27-/m0/s1. The molecule has 188 valence electrons. The highest BCUT2D eigenvalue weighted by Crippen LogP contribution is 2.31. The lowest BCUT2D eigenvalue weighted by molar-refractivity contribution is -0.127. The number of hydrogen-bond acceptors (Lipinski definition) is 5. The molecule has 7 nitrogen and oxygen atoms in total. The van der Waals surface area contributed by atoms with Crippen LogP contribution >= 0.6 is 0 Å². The predicted octanol–water partition coefficient (Wildman–Crippen LogP) is 4.93. The summed E-state index contributed by atoms with van der Waals surface area (Å²) in [6.07, 6.45) is 6.83. The van der Waals surface area contributed by atoms with Crippen molar-refractivity contribution in [2.75, 3.05) is 14.2 Å². The summed E-state index contributed by atoms with van der Waals surface area (Å²) in [5.74, 6) is 0.710. The number of ether oxygens (including phenoxy) is 2. The lowest BCUT2D eigenvalue weighted by atomic mass is 9.94. The average molecular weight is 488 g/mol. The molecule has 2 aromatic carbocycles. The van der Waals surface area contributed by atoms with Crippen molar-refractivity contribution in [3.63, 3.8) is 0 Å². The molecule has 3 aromatic rings. The first-order valence-corrected chi connectivity index (χ1v) is 12.4. The highest BCUT2D eigenvalue weighted by Gasteiger charge is 2.34. The fourth-order valence-electron chi connectivity index (χ4n) is 4.75. The Morgan fingerprint density at radius 1 is 0.972 bits per heavy atom. The van der Waals surface area contributed by atoms with Gasteiger partial charge in [-0.3, -0.25) is 14.6 Å². The van der Waals surface area contributed by atoms with E-state index in [9.17, 15) is 9.59 Å². The number of para-hydroxylation sites is 1. The molecule has 1 heterocycles. The maximum absolute atomic E-state index is 13.9. The van der Waals surface area contributed by atoms with Crippen molar-refractivity contribution in [1.29, 1.82) is 0 Å². The third kappa shape index (κ3) is 6.03. The zero-order valence-electron chi connectivity index (χ0n) is 20.9. The molecule has 1 aliphatic carbocycles. The van der Waals surface area contributed by atoms with Crippen molar-refractivity contribution >= 4 is 11.8 Å². The minimum absolute atomic E-state index is 0.0948. The van der Waals surface area contributed by atoms with E-state index in [4.69, 9.17) is 9.47 Å². The van der Waals surface area contributed by atoms with Crippen LogP contribution in [0.5, 0.6) is 11.5 Å². The summed E-state index contributed by atoms with van der Waals surface area (Å²) >= 11 is 0. The van der Waals surface area contributed by atoms with Crippen LogP contribution in [0.1, 0.15) is 59.8 Å². The number of pyridine rings is 1. The van der Waals surface area contributed by atoms with Crippen molar-refractivity contribution in [1.82, 2.24) is 15.2 Å². The molecule has 4 rings (SSSR count). The number of amides is 2. The lowest BCUT2D eigenvalue weighted by Crippen LogP contribution is -2.47. The Labute approximate surface area is 212 Å². The van der Waals surface area contributed by atoms with E-state index in [1.807, 2.05) is 48.5 Å². The molecule has 0 bridgehead atoms. The number of methoxy groups -OCH3 is 2. The van der Waals surface area contributed by atoms with Gasteiger partial charge in [0.1, 0.15) is 23.2 Å². The molecule has 0 radical (unpaired) electrons. The molecular weight excluding hydrogens is 454 g/mol. The summed E-state index contributed by atoms with van der Waals surface area (Å²) in [7, 11) is 3.18. The number of nitrogens with one attached hydrogen (secondary N) is 1. The van der Waals surface area contributed by atoms with E-state index in [2.05, 4.69) is 10.3 Å². The van der Waals surface area contributed by atoms with E-state index in [1.54, 1.807) is 43.5 Å². The van der Waals surface area contributed by atoms with Gasteiger partial charge in [-0.1, -0.05) is 55.7 Å². The van der Waals surface area contributed by atoms with Crippen LogP contribution in [0.4, 0.5) is 0 Å². The van der Waals surface area contributed by atoms with Gasteiger partial charge in [-0.05, 0) is 48.7 Å². The minimum Gasteiger partial charge on any atom is -0.497 e. The molecule has 0 spiro atoms. The third-order valence-electron chi connectivity index (χ3n) is 6.60. The SMILES string of the molecule is COc1cccc([C@@H](C(=O)NC2CCCCC2)N(Cc2ccccc2OC)C(=O)c2ccccn2)c1. The molecule has 1 N–H and O–H groups in total. The number of nitrogens with zero attached hydrogens (tertiary/aromatic N) is 2. The number of carbonyl (C=O) groups is 2. The number of aromatic nitrogens is 1. The highest BCUT2D eigenvalue weighted by molar-refractivity contribution is 5.96. The monoisotopic (exact) mass is 487 g/mol. The van der Waals surface area contributed by atoms with Crippen molar-refractivity contribution in [2.45, 2.75) is 50.7 Å². The number of benzene rings is 2.